The molecule has 3 nitrogen and oxygen atoms in total. The molecule has 1 fully saturated rings. The van der Waals surface area contributed by atoms with Gasteiger partial charge in [-0.2, -0.15) is 5.10 Å². The van der Waals surface area contributed by atoms with E-state index in [4.69, 9.17) is 0 Å². The predicted molar refractivity (Wildman–Crippen MR) is 73.7 cm³/mol. The van der Waals surface area contributed by atoms with Crippen LogP contribution in [-0.2, 0) is 0 Å². The van der Waals surface area contributed by atoms with Gasteiger partial charge in [0.15, 0.2) is 5.82 Å². The van der Waals surface area contributed by atoms with Crippen molar-refractivity contribution in [3.05, 3.63) is 30.5 Å². The van der Waals surface area contributed by atoms with E-state index in [1.165, 1.54) is 23.6 Å². The molecule has 0 aliphatic carbocycles. The molecule has 1 aliphatic heterocycles. The van der Waals surface area contributed by atoms with Crippen molar-refractivity contribution in [3.63, 3.8) is 0 Å². The third kappa shape index (κ3) is 2.14. The van der Waals surface area contributed by atoms with Gasteiger partial charge in [-0.3, -0.25) is 0 Å². The van der Waals surface area contributed by atoms with Crippen LogP contribution in [0.3, 0.4) is 0 Å². The number of piperidine rings is 1. The highest BCUT2D eigenvalue weighted by Gasteiger charge is 2.19. The number of halogens is 1. The molecule has 1 saturated heterocycles. The van der Waals surface area contributed by atoms with Gasteiger partial charge in [-0.15, -0.1) is 5.10 Å². The second kappa shape index (κ2) is 4.61. The quantitative estimate of drug-likeness (QED) is 0.757. The summed E-state index contributed by atoms with van der Waals surface area (Å²) >= 11 is 3.68. The molecule has 0 amide bonds. The van der Waals surface area contributed by atoms with Crippen molar-refractivity contribution in [2.75, 3.05) is 18.0 Å². The number of nitrogens with zero attached hydrogens (tertiary/aromatic N) is 3. The minimum Gasteiger partial charge on any atom is -0.355 e. The summed E-state index contributed by atoms with van der Waals surface area (Å²) < 4.78 is 0. The molecule has 3 rings (SSSR count). The summed E-state index contributed by atoms with van der Waals surface area (Å²) in [5, 5.41) is 10.8. The van der Waals surface area contributed by atoms with Crippen LogP contribution in [0.1, 0.15) is 12.8 Å². The third-order valence-electron chi connectivity index (χ3n) is 3.28. The Kier molecular flexibility index (Phi) is 2.97. The third-order valence-corrected chi connectivity index (χ3v) is 4.19. The number of rotatable bonds is 1. The first kappa shape index (κ1) is 11.0. The zero-order valence-electron chi connectivity index (χ0n) is 9.51. The summed E-state index contributed by atoms with van der Waals surface area (Å²) in [4.78, 5) is 2.99. The van der Waals surface area contributed by atoms with E-state index in [2.05, 4.69) is 49.2 Å². The smallest absolute Gasteiger partial charge is 0.159 e. The highest BCUT2D eigenvalue weighted by atomic mass is 79.9. The van der Waals surface area contributed by atoms with E-state index in [1.807, 2.05) is 12.3 Å². The van der Waals surface area contributed by atoms with Crippen LogP contribution in [0.15, 0.2) is 30.5 Å². The van der Waals surface area contributed by atoms with Crippen molar-refractivity contribution in [3.8, 4) is 0 Å². The molecule has 1 aromatic heterocycles. The van der Waals surface area contributed by atoms with E-state index in [0.29, 0.717) is 4.83 Å². The molecule has 0 radical (unpaired) electrons. The lowest BCUT2D eigenvalue weighted by atomic mass is 10.1. The van der Waals surface area contributed by atoms with Crippen LogP contribution in [0.4, 0.5) is 5.82 Å². The number of hydrogen-bond acceptors (Lipinski definition) is 3. The second-order valence-electron chi connectivity index (χ2n) is 4.42. The van der Waals surface area contributed by atoms with Gasteiger partial charge in [0.2, 0.25) is 0 Å². The van der Waals surface area contributed by atoms with Crippen LogP contribution in [0.5, 0.6) is 0 Å². The fraction of sp³-hybridized carbons (Fsp3) is 0.385. The van der Waals surface area contributed by atoms with Crippen molar-refractivity contribution in [1.29, 1.82) is 0 Å². The number of anilines is 1. The van der Waals surface area contributed by atoms with Gasteiger partial charge in [0.1, 0.15) is 0 Å². The summed E-state index contributed by atoms with van der Waals surface area (Å²) in [6.07, 6.45) is 4.17. The average molecular weight is 292 g/mol. The Balaban J connectivity index is 2.00. The van der Waals surface area contributed by atoms with Crippen molar-refractivity contribution in [2.45, 2.75) is 17.7 Å². The normalized spacial score (nSPS) is 17.6. The maximum Gasteiger partial charge on any atom is 0.159 e. The number of fused-ring (bicyclic) bond motifs is 1. The van der Waals surface area contributed by atoms with Gasteiger partial charge in [0.25, 0.3) is 0 Å². The molecule has 0 atom stereocenters. The van der Waals surface area contributed by atoms with Crippen LogP contribution in [0.25, 0.3) is 10.8 Å². The topological polar surface area (TPSA) is 29.0 Å². The second-order valence-corrected chi connectivity index (χ2v) is 5.71. The fourth-order valence-corrected chi connectivity index (χ4v) is 2.72. The Bertz CT molecular complexity index is 516. The zero-order chi connectivity index (χ0) is 11.7. The monoisotopic (exact) mass is 291 g/mol. The van der Waals surface area contributed by atoms with Crippen molar-refractivity contribution in [1.82, 2.24) is 10.2 Å². The standard InChI is InChI=1S/C13H14BrN3/c14-11-5-7-17(8-6-11)13-12-4-2-1-3-10(12)9-15-16-13/h1-4,9,11H,5-8H2. The van der Waals surface area contributed by atoms with Crippen molar-refractivity contribution < 1.29 is 0 Å². The zero-order valence-corrected chi connectivity index (χ0v) is 11.1. The van der Waals surface area contributed by atoms with E-state index in [9.17, 15) is 0 Å². The minimum absolute atomic E-state index is 0.654. The SMILES string of the molecule is BrC1CCN(c2nncc3ccccc23)CC1. The van der Waals surface area contributed by atoms with Crippen molar-refractivity contribution in [2.24, 2.45) is 0 Å². The first-order chi connectivity index (χ1) is 8.34. The molecule has 2 aromatic rings. The predicted octanol–water partition coefficient (Wildman–Crippen LogP) is 2.99. The van der Waals surface area contributed by atoms with Crippen LogP contribution in [-0.4, -0.2) is 28.1 Å². The van der Waals surface area contributed by atoms with Gasteiger partial charge in [-0.1, -0.05) is 40.2 Å². The minimum atomic E-state index is 0.654. The molecule has 4 heteroatoms. The summed E-state index contributed by atoms with van der Waals surface area (Å²) in [6.45, 7) is 2.11. The Morgan fingerprint density at radius 2 is 1.94 bits per heavy atom. The first-order valence-electron chi connectivity index (χ1n) is 5.94. The van der Waals surface area contributed by atoms with Gasteiger partial charge >= 0.3 is 0 Å². The maximum atomic E-state index is 4.32. The molecule has 0 unspecified atom stereocenters. The lowest BCUT2D eigenvalue weighted by Gasteiger charge is -2.30. The highest BCUT2D eigenvalue weighted by molar-refractivity contribution is 9.09. The lowest BCUT2D eigenvalue weighted by molar-refractivity contribution is 0.591. The lowest BCUT2D eigenvalue weighted by Crippen LogP contribution is -2.34. The van der Waals surface area contributed by atoms with E-state index >= 15 is 0 Å². The molecule has 0 saturated carbocycles. The molecule has 1 aliphatic rings. The molecule has 0 bridgehead atoms. The molecule has 1 aromatic carbocycles. The molecule has 0 spiro atoms. The van der Waals surface area contributed by atoms with E-state index in [-0.39, 0.29) is 0 Å². The van der Waals surface area contributed by atoms with E-state index in [0.717, 1.165) is 18.9 Å². The maximum absolute atomic E-state index is 4.32. The Labute approximate surface area is 109 Å². The van der Waals surface area contributed by atoms with Crippen LogP contribution < -0.4 is 4.90 Å². The Morgan fingerprint density at radius 3 is 2.76 bits per heavy atom. The highest BCUT2D eigenvalue weighted by Crippen LogP contribution is 2.27. The fourth-order valence-electron chi connectivity index (χ4n) is 2.31. The molecule has 2 heterocycles. The first-order valence-corrected chi connectivity index (χ1v) is 6.85. The van der Waals surface area contributed by atoms with Gasteiger partial charge < -0.3 is 4.90 Å². The van der Waals surface area contributed by atoms with Crippen LogP contribution >= 0.6 is 15.9 Å². The summed E-state index contributed by atoms with van der Waals surface area (Å²) in [5.74, 6) is 1.03. The molecular weight excluding hydrogens is 278 g/mol. The summed E-state index contributed by atoms with van der Waals surface area (Å²) in [6, 6.07) is 8.31. The molecule has 17 heavy (non-hydrogen) atoms. The molecule has 88 valence electrons. The summed E-state index contributed by atoms with van der Waals surface area (Å²) in [5.41, 5.74) is 0. The number of hydrogen-bond donors (Lipinski definition) is 0. The van der Waals surface area contributed by atoms with Gasteiger partial charge in [-0.05, 0) is 12.8 Å². The Hall–Kier alpha value is -1.16. The van der Waals surface area contributed by atoms with Gasteiger partial charge in [-0.25, -0.2) is 0 Å². The van der Waals surface area contributed by atoms with Crippen molar-refractivity contribution >= 4 is 32.5 Å². The van der Waals surface area contributed by atoms with Gasteiger partial charge in [0.05, 0.1) is 6.20 Å². The van der Waals surface area contributed by atoms with E-state index in [1.54, 1.807) is 0 Å². The number of benzene rings is 1. The average Bonchev–Trinajstić information content (AvgIpc) is 2.39. The number of aromatic nitrogens is 2. The van der Waals surface area contributed by atoms with Crippen LogP contribution in [0, 0.1) is 0 Å². The Morgan fingerprint density at radius 1 is 1.18 bits per heavy atom. The molecular formula is C13H14BrN3. The van der Waals surface area contributed by atoms with Gasteiger partial charge in [0, 0.05) is 28.7 Å². The summed E-state index contributed by atoms with van der Waals surface area (Å²) in [7, 11) is 0. The van der Waals surface area contributed by atoms with Crippen LogP contribution in [0.2, 0.25) is 0 Å². The largest absolute Gasteiger partial charge is 0.355 e. The molecule has 0 N–H and O–H groups in total. The number of alkyl halides is 1. The van der Waals surface area contributed by atoms with E-state index < -0.39 is 0 Å².